The number of hydrogen-bond acceptors (Lipinski definition) is 3. The molecule has 0 bridgehead atoms. The van der Waals surface area contributed by atoms with E-state index in [0.29, 0.717) is 0 Å². The lowest BCUT2D eigenvalue weighted by molar-refractivity contribution is -0.136. The van der Waals surface area contributed by atoms with E-state index < -0.39 is 0 Å². The molecule has 0 fully saturated rings. The Hall–Kier alpha value is -1.67. The number of imide groups is 1. The molecule has 4 nitrogen and oxygen atoms in total. The summed E-state index contributed by atoms with van der Waals surface area (Å²) in [6, 6.07) is 0. The van der Waals surface area contributed by atoms with E-state index in [2.05, 4.69) is 0 Å². The van der Waals surface area contributed by atoms with Crippen molar-refractivity contribution in [1.82, 2.24) is 4.90 Å². The molecule has 0 atom stereocenters. The molecule has 2 amide bonds. The second-order valence-electron chi connectivity index (χ2n) is 1.94. The van der Waals surface area contributed by atoms with Gasteiger partial charge in [0.15, 0.2) is 0 Å². The topological polar surface area (TPSA) is 54.5 Å². The van der Waals surface area contributed by atoms with Crippen molar-refractivity contribution < 1.29 is 14.4 Å². The fourth-order valence-corrected chi connectivity index (χ4v) is 0.740. The molecule has 0 N–H and O–H groups in total. The van der Waals surface area contributed by atoms with E-state index in [4.69, 9.17) is 0 Å². The Bertz CT molecular complexity index is 255. The molecule has 0 aromatic rings. The van der Waals surface area contributed by atoms with Gasteiger partial charge < -0.3 is 0 Å². The van der Waals surface area contributed by atoms with Gasteiger partial charge in [0.2, 0.25) is 0 Å². The van der Waals surface area contributed by atoms with Gasteiger partial charge >= 0.3 is 0 Å². The summed E-state index contributed by atoms with van der Waals surface area (Å²) in [7, 11) is 0. The van der Waals surface area contributed by atoms with Crippen LogP contribution in [-0.2, 0) is 14.4 Å². The van der Waals surface area contributed by atoms with Crippen molar-refractivity contribution >= 4 is 17.8 Å². The molecule has 0 aliphatic carbocycles. The molecule has 0 unspecified atom stereocenters. The zero-order valence-corrected chi connectivity index (χ0v) is 5.61. The second kappa shape index (κ2) is 2.94. The van der Waals surface area contributed by atoms with Gasteiger partial charge in [-0.1, -0.05) is 0 Å². The highest BCUT2D eigenvalue weighted by Crippen LogP contribution is 2.01. The van der Waals surface area contributed by atoms with Crippen LogP contribution in [0.2, 0.25) is 0 Å². The summed E-state index contributed by atoms with van der Waals surface area (Å²) < 4.78 is 0. The van der Waals surface area contributed by atoms with E-state index >= 15 is 0 Å². The molecule has 0 spiro atoms. The van der Waals surface area contributed by atoms with Crippen LogP contribution in [0.1, 0.15) is 0 Å². The summed E-state index contributed by atoms with van der Waals surface area (Å²) >= 11 is 0. The zero-order chi connectivity index (χ0) is 8.27. The van der Waals surface area contributed by atoms with Gasteiger partial charge in [0, 0.05) is 18.2 Å². The van der Waals surface area contributed by atoms with Crippen molar-refractivity contribution in [3.63, 3.8) is 0 Å². The van der Waals surface area contributed by atoms with E-state index in [1.807, 2.05) is 0 Å². The summed E-state index contributed by atoms with van der Waals surface area (Å²) in [6.45, 7) is 0.00810. The van der Waals surface area contributed by atoms with Crippen LogP contribution in [0, 0.1) is 0 Å². The van der Waals surface area contributed by atoms with Gasteiger partial charge in [0.1, 0.15) is 5.94 Å². The van der Waals surface area contributed by atoms with Crippen LogP contribution in [0.25, 0.3) is 0 Å². The molecule has 1 aliphatic heterocycles. The summed E-state index contributed by atoms with van der Waals surface area (Å²) in [5, 5.41) is 0. The average molecular weight is 151 g/mol. The molecule has 1 rings (SSSR count). The average Bonchev–Trinajstić information content (AvgIpc) is 2.29. The highest BCUT2D eigenvalue weighted by molar-refractivity contribution is 6.13. The van der Waals surface area contributed by atoms with Crippen LogP contribution >= 0.6 is 0 Å². The minimum absolute atomic E-state index is 0.00810. The molecule has 1 aliphatic rings. The zero-order valence-electron chi connectivity index (χ0n) is 5.61. The fraction of sp³-hybridized carbons (Fsp3) is 0.143. The Kier molecular flexibility index (Phi) is 1.99. The number of amides is 2. The van der Waals surface area contributed by atoms with Gasteiger partial charge in [0.25, 0.3) is 11.8 Å². The molecule has 0 saturated heterocycles. The predicted octanol–water partition coefficient (Wildman–Crippen LogP) is -0.701. The van der Waals surface area contributed by atoms with Crippen LogP contribution in [0.3, 0.4) is 0 Å². The van der Waals surface area contributed by atoms with Crippen molar-refractivity contribution in [3.8, 4) is 0 Å². The third-order valence-corrected chi connectivity index (χ3v) is 1.26. The maximum Gasteiger partial charge on any atom is 0.253 e. The number of hydrogen-bond donors (Lipinski definition) is 0. The highest BCUT2D eigenvalue weighted by Gasteiger charge is 2.21. The van der Waals surface area contributed by atoms with E-state index in [9.17, 15) is 14.4 Å². The third kappa shape index (κ3) is 1.42. The molecule has 0 aromatic heterocycles. The number of rotatable bonds is 2. The minimum Gasteiger partial charge on any atom is -0.271 e. The van der Waals surface area contributed by atoms with Gasteiger partial charge in [-0.2, -0.15) is 0 Å². The van der Waals surface area contributed by atoms with Crippen LogP contribution in [0.4, 0.5) is 0 Å². The van der Waals surface area contributed by atoms with Gasteiger partial charge in [-0.3, -0.25) is 14.5 Å². The van der Waals surface area contributed by atoms with Gasteiger partial charge in [-0.15, -0.1) is 0 Å². The van der Waals surface area contributed by atoms with Gasteiger partial charge in [-0.25, -0.2) is 4.79 Å². The lowest BCUT2D eigenvalue weighted by Crippen LogP contribution is -2.29. The van der Waals surface area contributed by atoms with Crippen molar-refractivity contribution in [2.75, 3.05) is 6.54 Å². The lowest BCUT2D eigenvalue weighted by atomic mass is 10.5. The molecule has 1 heterocycles. The summed E-state index contributed by atoms with van der Waals surface area (Å²) in [6.07, 6.45) is 3.42. The van der Waals surface area contributed by atoms with E-state index in [-0.39, 0.29) is 18.4 Å². The maximum absolute atomic E-state index is 10.8. The van der Waals surface area contributed by atoms with Gasteiger partial charge in [-0.05, 0) is 0 Å². The van der Waals surface area contributed by atoms with Crippen molar-refractivity contribution in [1.29, 1.82) is 0 Å². The van der Waals surface area contributed by atoms with Gasteiger partial charge in [0.05, 0.1) is 6.54 Å². The maximum atomic E-state index is 10.8. The Morgan fingerprint density at radius 1 is 1.36 bits per heavy atom. The molecule has 11 heavy (non-hydrogen) atoms. The number of nitrogens with zero attached hydrogens (tertiary/aromatic N) is 1. The first-order valence-electron chi connectivity index (χ1n) is 2.98. The second-order valence-corrected chi connectivity index (χ2v) is 1.94. The summed E-state index contributed by atoms with van der Waals surface area (Å²) in [4.78, 5) is 32.2. The molecule has 0 saturated carbocycles. The SMILES string of the molecule is O=C=CCN1C(=O)C=CC1=O. The Labute approximate surface area is 62.8 Å². The quantitative estimate of drug-likeness (QED) is 0.387. The van der Waals surface area contributed by atoms with E-state index in [1.165, 1.54) is 18.1 Å². The van der Waals surface area contributed by atoms with Crippen molar-refractivity contribution in [2.24, 2.45) is 0 Å². The molecule has 4 heteroatoms. The highest BCUT2D eigenvalue weighted by atomic mass is 16.2. The Balaban J connectivity index is 2.66. The number of carbonyl (C=O) groups is 2. The first-order valence-corrected chi connectivity index (χ1v) is 2.98. The molecule has 0 radical (unpaired) electrons. The molecular formula is C7H5NO3. The first kappa shape index (κ1) is 7.44. The molecular weight excluding hydrogens is 146 g/mol. The largest absolute Gasteiger partial charge is 0.271 e. The van der Waals surface area contributed by atoms with E-state index in [1.54, 1.807) is 0 Å². The fourth-order valence-electron chi connectivity index (χ4n) is 0.740. The van der Waals surface area contributed by atoms with Crippen LogP contribution in [-0.4, -0.2) is 29.2 Å². The summed E-state index contributed by atoms with van der Waals surface area (Å²) in [5.41, 5.74) is 0. The van der Waals surface area contributed by atoms with E-state index in [0.717, 1.165) is 11.0 Å². The van der Waals surface area contributed by atoms with Crippen molar-refractivity contribution in [2.45, 2.75) is 0 Å². The molecule has 56 valence electrons. The van der Waals surface area contributed by atoms with Crippen LogP contribution in [0.5, 0.6) is 0 Å². The lowest BCUT2D eigenvalue weighted by Gasteiger charge is -2.08. The van der Waals surface area contributed by atoms with Crippen LogP contribution < -0.4 is 0 Å². The first-order chi connectivity index (χ1) is 5.25. The smallest absolute Gasteiger partial charge is 0.253 e. The third-order valence-electron chi connectivity index (χ3n) is 1.26. The minimum atomic E-state index is -0.387. The summed E-state index contributed by atoms with van der Waals surface area (Å²) in [5.74, 6) is 0.712. The molecule has 0 aromatic carbocycles. The standard InChI is InChI=1S/C7H5NO3/c9-5-1-4-8-6(10)2-3-7(8)11/h1-3H,4H2. The van der Waals surface area contributed by atoms with Crippen LogP contribution in [0.15, 0.2) is 18.2 Å². The normalized spacial score (nSPS) is 15.5. The predicted molar refractivity (Wildman–Crippen MR) is 36.1 cm³/mol. The monoisotopic (exact) mass is 151 g/mol. The Morgan fingerprint density at radius 3 is 2.36 bits per heavy atom. The van der Waals surface area contributed by atoms with Crippen molar-refractivity contribution in [3.05, 3.63) is 18.2 Å². The number of carbonyl (C=O) groups excluding carboxylic acids is 3. The Morgan fingerprint density at radius 2 is 1.91 bits per heavy atom.